The first kappa shape index (κ1) is 21.0. The van der Waals surface area contributed by atoms with Crippen LogP contribution in [0.5, 0.6) is 5.75 Å². The van der Waals surface area contributed by atoms with Gasteiger partial charge in [0.2, 0.25) is 0 Å². The first-order chi connectivity index (χ1) is 10.7. The maximum Gasteiger partial charge on any atom is 0.311 e. The Morgan fingerprint density at radius 1 is 1.29 bits per heavy atom. The van der Waals surface area contributed by atoms with E-state index in [1.807, 2.05) is 6.07 Å². The number of benzene rings is 1. The molecule has 0 unspecified atom stereocenters. The summed E-state index contributed by atoms with van der Waals surface area (Å²) in [6, 6.07) is 5.74. The zero-order valence-electron chi connectivity index (χ0n) is 13.8. The lowest BCUT2D eigenvalue weighted by atomic mass is 9.76. The molecule has 136 valence electrons. The zero-order valence-corrected chi connectivity index (χ0v) is 15.4. The maximum atomic E-state index is 11.3. The molecule has 1 aliphatic heterocycles. The van der Waals surface area contributed by atoms with Crippen molar-refractivity contribution < 1.29 is 9.66 Å². The average Bonchev–Trinajstić information content (AvgIpc) is 2.51. The number of nitro benzene ring substituents is 1. The van der Waals surface area contributed by atoms with Gasteiger partial charge in [0.1, 0.15) is 0 Å². The molecule has 1 aromatic rings. The molecule has 3 rings (SSSR count). The molecule has 0 radical (unpaired) electrons. The Balaban J connectivity index is 0.00000144. The van der Waals surface area contributed by atoms with Crippen LogP contribution in [-0.4, -0.2) is 43.1 Å². The number of halogens is 2. The molecule has 0 amide bonds. The van der Waals surface area contributed by atoms with E-state index in [0.717, 1.165) is 31.7 Å². The molecule has 2 aliphatic rings. The highest BCUT2D eigenvalue weighted by molar-refractivity contribution is 5.85. The summed E-state index contributed by atoms with van der Waals surface area (Å²) in [5.41, 5.74) is 1.12. The minimum absolute atomic E-state index is 0. The van der Waals surface area contributed by atoms with Crippen LogP contribution in [0.25, 0.3) is 0 Å². The molecule has 1 saturated carbocycles. The lowest BCUT2D eigenvalue weighted by Gasteiger charge is -2.43. The molecule has 1 N–H and O–H groups in total. The second-order valence-corrected chi connectivity index (χ2v) is 6.11. The predicted octanol–water partition coefficient (Wildman–Crippen LogP) is 3.19. The van der Waals surface area contributed by atoms with Crippen LogP contribution >= 0.6 is 24.8 Å². The number of rotatable bonds is 5. The molecular formula is C16H25Cl2N3O3. The van der Waals surface area contributed by atoms with Gasteiger partial charge in [-0.25, -0.2) is 0 Å². The third-order valence-corrected chi connectivity index (χ3v) is 4.88. The van der Waals surface area contributed by atoms with Crippen LogP contribution in [0.2, 0.25) is 0 Å². The quantitative estimate of drug-likeness (QED) is 0.630. The number of ether oxygens (including phenoxy) is 1. The Kier molecular flexibility index (Phi) is 8.22. The van der Waals surface area contributed by atoms with Gasteiger partial charge in [0, 0.05) is 38.3 Å². The van der Waals surface area contributed by atoms with E-state index in [1.165, 1.54) is 26.4 Å². The Labute approximate surface area is 154 Å². The van der Waals surface area contributed by atoms with E-state index < -0.39 is 0 Å². The third kappa shape index (κ3) is 4.30. The molecular weight excluding hydrogens is 353 g/mol. The van der Waals surface area contributed by atoms with Crippen molar-refractivity contribution in [3.8, 4) is 5.75 Å². The van der Waals surface area contributed by atoms with E-state index in [2.05, 4.69) is 10.2 Å². The van der Waals surface area contributed by atoms with Crippen LogP contribution in [0.3, 0.4) is 0 Å². The largest absolute Gasteiger partial charge is 0.490 e. The molecule has 1 heterocycles. The van der Waals surface area contributed by atoms with Gasteiger partial charge >= 0.3 is 5.69 Å². The highest BCUT2D eigenvalue weighted by atomic mass is 35.5. The number of methoxy groups -OCH3 is 1. The molecule has 0 bridgehead atoms. The minimum atomic E-state index is -0.349. The van der Waals surface area contributed by atoms with Crippen molar-refractivity contribution in [2.24, 2.45) is 5.92 Å². The van der Waals surface area contributed by atoms with Gasteiger partial charge in [-0.2, -0.15) is 0 Å². The highest BCUT2D eigenvalue weighted by Gasteiger charge is 2.34. The molecule has 1 atom stereocenters. The second-order valence-electron chi connectivity index (χ2n) is 6.11. The fraction of sp³-hybridized carbons (Fsp3) is 0.625. The van der Waals surface area contributed by atoms with E-state index in [4.69, 9.17) is 4.74 Å². The molecule has 1 aromatic carbocycles. The van der Waals surface area contributed by atoms with Crippen molar-refractivity contribution in [1.29, 1.82) is 0 Å². The molecule has 24 heavy (non-hydrogen) atoms. The van der Waals surface area contributed by atoms with Crippen molar-refractivity contribution in [2.75, 3.05) is 33.3 Å². The summed E-state index contributed by atoms with van der Waals surface area (Å²) in [7, 11) is 1.47. The normalized spacial score (nSPS) is 19.4. The van der Waals surface area contributed by atoms with Gasteiger partial charge in [-0.15, -0.1) is 24.8 Å². The van der Waals surface area contributed by atoms with Gasteiger partial charge in [-0.05, 0) is 30.4 Å². The Morgan fingerprint density at radius 3 is 2.46 bits per heavy atom. The van der Waals surface area contributed by atoms with Gasteiger partial charge < -0.3 is 10.1 Å². The summed E-state index contributed by atoms with van der Waals surface area (Å²) in [5.74, 6) is 0.951. The van der Waals surface area contributed by atoms with Crippen LogP contribution in [0.4, 0.5) is 5.69 Å². The molecule has 1 aliphatic carbocycles. The van der Waals surface area contributed by atoms with Crippen molar-refractivity contribution in [3.63, 3.8) is 0 Å². The van der Waals surface area contributed by atoms with Crippen LogP contribution in [0.1, 0.15) is 30.9 Å². The topological polar surface area (TPSA) is 67.6 Å². The number of hydrogen-bond acceptors (Lipinski definition) is 5. The Hall–Kier alpha value is -1.08. The summed E-state index contributed by atoms with van der Waals surface area (Å²) >= 11 is 0. The Morgan fingerprint density at radius 2 is 1.96 bits per heavy atom. The minimum Gasteiger partial charge on any atom is -0.490 e. The molecule has 8 heteroatoms. The monoisotopic (exact) mass is 377 g/mol. The molecule has 2 fully saturated rings. The Bertz CT molecular complexity index is 549. The molecule has 6 nitrogen and oxygen atoms in total. The van der Waals surface area contributed by atoms with E-state index >= 15 is 0 Å². The number of piperazine rings is 1. The van der Waals surface area contributed by atoms with E-state index in [1.54, 1.807) is 12.1 Å². The fourth-order valence-electron chi connectivity index (χ4n) is 3.53. The summed E-state index contributed by atoms with van der Waals surface area (Å²) in [4.78, 5) is 13.4. The van der Waals surface area contributed by atoms with Crippen molar-refractivity contribution in [3.05, 3.63) is 33.9 Å². The lowest BCUT2D eigenvalue weighted by Crippen LogP contribution is -2.47. The predicted molar refractivity (Wildman–Crippen MR) is 98.7 cm³/mol. The molecule has 0 spiro atoms. The number of nitrogens with zero attached hydrogens (tertiary/aromatic N) is 2. The zero-order chi connectivity index (χ0) is 15.5. The molecule has 0 aromatic heterocycles. The highest BCUT2D eigenvalue weighted by Crippen LogP contribution is 2.43. The van der Waals surface area contributed by atoms with Crippen molar-refractivity contribution in [2.45, 2.75) is 25.3 Å². The maximum absolute atomic E-state index is 11.3. The lowest BCUT2D eigenvalue weighted by molar-refractivity contribution is -0.385. The smallest absolute Gasteiger partial charge is 0.311 e. The number of nitro groups is 1. The van der Waals surface area contributed by atoms with Gasteiger partial charge in [0.05, 0.1) is 12.0 Å². The second kappa shape index (κ2) is 9.42. The van der Waals surface area contributed by atoms with Gasteiger partial charge in [0.25, 0.3) is 0 Å². The third-order valence-electron chi connectivity index (χ3n) is 4.88. The van der Waals surface area contributed by atoms with Gasteiger partial charge in [-0.1, -0.05) is 12.5 Å². The SMILES string of the molecule is COc1ccc([C@@H](C2CCC2)N2CCNCC2)cc1[N+](=O)[O-].Cl.Cl. The fourth-order valence-corrected chi connectivity index (χ4v) is 3.53. The summed E-state index contributed by atoms with van der Waals surface area (Å²) in [6.07, 6.45) is 3.70. The first-order valence-corrected chi connectivity index (χ1v) is 7.98. The summed E-state index contributed by atoms with van der Waals surface area (Å²) < 4.78 is 5.12. The summed E-state index contributed by atoms with van der Waals surface area (Å²) in [5, 5.41) is 14.7. The van der Waals surface area contributed by atoms with Crippen LogP contribution < -0.4 is 10.1 Å². The average molecular weight is 378 g/mol. The van der Waals surface area contributed by atoms with Gasteiger partial charge in [-0.3, -0.25) is 15.0 Å². The van der Waals surface area contributed by atoms with E-state index in [9.17, 15) is 10.1 Å². The van der Waals surface area contributed by atoms with E-state index in [-0.39, 0.29) is 35.4 Å². The number of hydrogen-bond donors (Lipinski definition) is 1. The van der Waals surface area contributed by atoms with Gasteiger partial charge in [0.15, 0.2) is 5.75 Å². The number of nitrogens with one attached hydrogen (secondary N) is 1. The van der Waals surface area contributed by atoms with Crippen LogP contribution in [-0.2, 0) is 0 Å². The van der Waals surface area contributed by atoms with E-state index in [0.29, 0.717) is 17.7 Å². The van der Waals surface area contributed by atoms with Crippen LogP contribution in [0.15, 0.2) is 18.2 Å². The standard InChI is InChI=1S/C16H23N3O3.2ClH/c1-22-15-6-5-13(11-14(15)19(20)21)16(12-3-2-4-12)18-9-7-17-8-10-18;;/h5-6,11-12,16-17H,2-4,7-10H2,1H3;2*1H/t16-;;/m1../s1. The van der Waals surface area contributed by atoms with Crippen molar-refractivity contribution in [1.82, 2.24) is 10.2 Å². The summed E-state index contributed by atoms with van der Waals surface area (Å²) in [6.45, 7) is 3.98. The first-order valence-electron chi connectivity index (χ1n) is 7.98. The van der Waals surface area contributed by atoms with Crippen LogP contribution in [0, 0.1) is 16.0 Å². The molecule has 1 saturated heterocycles. The van der Waals surface area contributed by atoms with Crippen molar-refractivity contribution >= 4 is 30.5 Å².